The SMILES string of the molecule is CC(=O)NC(CC(=O)N(CCC(=O)O)C(C)C)c1ccc(C)cc1. The normalized spacial score (nSPS) is 11.9. The van der Waals surface area contributed by atoms with Crippen molar-refractivity contribution in [1.82, 2.24) is 10.2 Å². The summed E-state index contributed by atoms with van der Waals surface area (Å²) in [5.41, 5.74) is 1.95. The van der Waals surface area contributed by atoms with E-state index < -0.39 is 12.0 Å². The van der Waals surface area contributed by atoms with Crippen LogP contribution in [0.5, 0.6) is 0 Å². The summed E-state index contributed by atoms with van der Waals surface area (Å²) < 4.78 is 0. The maximum absolute atomic E-state index is 12.6. The van der Waals surface area contributed by atoms with Crippen LogP contribution in [-0.4, -0.2) is 40.4 Å². The monoisotopic (exact) mass is 334 g/mol. The molecule has 0 saturated heterocycles. The maximum atomic E-state index is 12.6. The Morgan fingerprint density at radius 2 is 1.75 bits per heavy atom. The molecule has 132 valence electrons. The molecule has 0 aromatic heterocycles. The van der Waals surface area contributed by atoms with Gasteiger partial charge in [-0.25, -0.2) is 0 Å². The number of hydrogen-bond donors (Lipinski definition) is 2. The molecule has 24 heavy (non-hydrogen) atoms. The lowest BCUT2D eigenvalue weighted by molar-refractivity contribution is -0.139. The average molecular weight is 334 g/mol. The van der Waals surface area contributed by atoms with Crippen LogP contribution in [0.15, 0.2) is 24.3 Å². The van der Waals surface area contributed by atoms with Crippen molar-refractivity contribution in [3.63, 3.8) is 0 Å². The number of carboxylic acid groups (broad SMARTS) is 1. The molecule has 0 radical (unpaired) electrons. The van der Waals surface area contributed by atoms with Crippen LogP contribution in [0.3, 0.4) is 0 Å². The summed E-state index contributed by atoms with van der Waals surface area (Å²) >= 11 is 0. The van der Waals surface area contributed by atoms with Gasteiger partial charge < -0.3 is 15.3 Å². The molecule has 1 rings (SSSR count). The van der Waals surface area contributed by atoms with Crippen LogP contribution >= 0.6 is 0 Å². The lowest BCUT2D eigenvalue weighted by Crippen LogP contribution is -2.41. The second kappa shape index (κ2) is 9.05. The zero-order valence-electron chi connectivity index (χ0n) is 14.7. The van der Waals surface area contributed by atoms with E-state index in [4.69, 9.17) is 5.11 Å². The zero-order chi connectivity index (χ0) is 18.3. The van der Waals surface area contributed by atoms with E-state index in [1.54, 1.807) is 0 Å². The van der Waals surface area contributed by atoms with E-state index in [-0.39, 0.29) is 37.2 Å². The van der Waals surface area contributed by atoms with Crippen molar-refractivity contribution in [1.29, 1.82) is 0 Å². The van der Waals surface area contributed by atoms with Crippen LogP contribution in [0.1, 0.15) is 50.8 Å². The van der Waals surface area contributed by atoms with Crippen molar-refractivity contribution in [2.45, 2.75) is 52.6 Å². The minimum Gasteiger partial charge on any atom is -0.481 e. The molecule has 0 fully saturated rings. The van der Waals surface area contributed by atoms with Gasteiger partial charge in [0.2, 0.25) is 11.8 Å². The Morgan fingerprint density at radius 3 is 2.21 bits per heavy atom. The highest BCUT2D eigenvalue weighted by Gasteiger charge is 2.23. The topological polar surface area (TPSA) is 86.7 Å². The van der Waals surface area contributed by atoms with Crippen LogP contribution < -0.4 is 5.32 Å². The van der Waals surface area contributed by atoms with Gasteiger partial charge >= 0.3 is 5.97 Å². The molecule has 0 aliphatic rings. The third kappa shape index (κ3) is 6.40. The van der Waals surface area contributed by atoms with Gasteiger partial charge in [-0.05, 0) is 26.3 Å². The summed E-state index contributed by atoms with van der Waals surface area (Å²) in [5, 5.41) is 11.6. The second-order valence-electron chi connectivity index (χ2n) is 6.19. The highest BCUT2D eigenvalue weighted by atomic mass is 16.4. The molecular weight excluding hydrogens is 308 g/mol. The molecule has 2 N–H and O–H groups in total. The molecule has 0 spiro atoms. The molecule has 6 nitrogen and oxygen atoms in total. The lowest BCUT2D eigenvalue weighted by Gasteiger charge is -2.28. The fraction of sp³-hybridized carbons (Fsp3) is 0.500. The van der Waals surface area contributed by atoms with Crippen LogP contribution in [-0.2, 0) is 14.4 Å². The van der Waals surface area contributed by atoms with Crippen LogP contribution in [0.2, 0.25) is 0 Å². The minimum atomic E-state index is -0.939. The molecule has 6 heteroatoms. The van der Waals surface area contributed by atoms with E-state index in [0.717, 1.165) is 11.1 Å². The predicted octanol–water partition coefficient (Wildman–Crippen LogP) is 2.27. The Hall–Kier alpha value is -2.37. The van der Waals surface area contributed by atoms with Gasteiger partial charge in [0.1, 0.15) is 0 Å². The number of nitrogens with one attached hydrogen (secondary N) is 1. The van der Waals surface area contributed by atoms with E-state index in [1.165, 1.54) is 11.8 Å². The Labute approximate surface area is 142 Å². The number of rotatable bonds is 8. The number of aliphatic carboxylic acids is 1. The van der Waals surface area contributed by atoms with Gasteiger partial charge in [0, 0.05) is 19.5 Å². The van der Waals surface area contributed by atoms with Gasteiger partial charge in [-0.3, -0.25) is 14.4 Å². The fourth-order valence-electron chi connectivity index (χ4n) is 2.48. The van der Waals surface area contributed by atoms with Crippen molar-refractivity contribution in [2.24, 2.45) is 0 Å². The van der Waals surface area contributed by atoms with E-state index >= 15 is 0 Å². The maximum Gasteiger partial charge on any atom is 0.305 e. The lowest BCUT2D eigenvalue weighted by atomic mass is 10.0. The number of nitrogens with zero attached hydrogens (tertiary/aromatic N) is 1. The third-order valence-electron chi connectivity index (χ3n) is 3.75. The average Bonchev–Trinajstić information content (AvgIpc) is 2.46. The highest BCUT2D eigenvalue weighted by Crippen LogP contribution is 2.19. The summed E-state index contributed by atoms with van der Waals surface area (Å²) in [7, 11) is 0. The Bertz CT molecular complexity index is 581. The molecule has 0 saturated carbocycles. The number of benzene rings is 1. The summed E-state index contributed by atoms with van der Waals surface area (Å²) in [6, 6.07) is 7.10. The van der Waals surface area contributed by atoms with Crippen LogP contribution in [0, 0.1) is 6.92 Å². The standard InChI is InChI=1S/C18H26N2O4/c1-12(2)20(10-9-18(23)24)17(22)11-16(19-14(4)21)15-7-5-13(3)6-8-15/h5-8,12,16H,9-11H2,1-4H3,(H,19,21)(H,23,24). The molecule has 1 unspecified atom stereocenters. The predicted molar refractivity (Wildman–Crippen MR) is 91.5 cm³/mol. The first-order valence-corrected chi connectivity index (χ1v) is 8.05. The van der Waals surface area contributed by atoms with Crippen molar-refractivity contribution in [3.05, 3.63) is 35.4 Å². The number of aryl methyl sites for hydroxylation is 1. The van der Waals surface area contributed by atoms with Crippen LogP contribution in [0.25, 0.3) is 0 Å². The molecule has 0 bridgehead atoms. The van der Waals surface area contributed by atoms with E-state index in [0.29, 0.717) is 0 Å². The van der Waals surface area contributed by atoms with Gasteiger partial charge in [-0.2, -0.15) is 0 Å². The number of carbonyl (C=O) groups is 3. The minimum absolute atomic E-state index is 0.0977. The summed E-state index contributed by atoms with van der Waals surface area (Å²) in [4.78, 5) is 36.4. The molecule has 0 aliphatic heterocycles. The third-order valence-corrected chi connectivity index (χ3v) is 3.75. The van der Waals surface area contributed by atoms with Gasteiger partial charge in [0.15, 0.2) is 0 Å². The van der Waals surface area contributed by atoms with E-state index in [2.05, 4.69) is 5.32 Å². The first-order chi connectivity index (χ1) is 11.2. The fourth-order valence-corrected chi connectivity index (χ4v) is 2.48. The molecule has 0 aliphatic carbocycles. The van der Waals surface area contributed by atoms with Crippen molar-refractivity contribution < 1.29 is 19.5 Å². The van der Waals surface area contributed by atoms with Gasteiger partial charge in [0.05, 0.1) is 18.9 Å². The first kappa shape index (κ1) is 19.7. The smallest absolute Gasteiger partial charge is 0.305 e. The summed E-state index contributed by atoms with van der Waals surface area (Å²) in [6.07, 6.45) is -0.000302. The van der Waals surface area contributed by atoms with Crippen molar-refractivity contribution in [2.75, 3.05) is 6.54 Å². The van der Waals surface area contributed by atoms with Crippen molar-refractivity contribution >= 4 is 17.8 Å². The number of carbonyl (C=O) groups excluding carboxylic acids is 2. The first-order valence-electron chi connectivity index (χ1n) is 8.05. The largest absolute Gasteiger partial charge is 0.481 e. The summed E-state index contributed by atoms with van der Waals surface area (Å²) in [6.45, 7) is 7.23. The van der Waals surface area contributed by atoms with Gasteiger partial charge in [-0.15, -0.1) is 0 Å². The number of hydrogen-bond acceptors (Lipinski definition) is 3. The quantitative estimate of drug-likeness (QED) is 0.763. The number of carboxylic acids is 1. The second-order valence-corrected chi connectivity index (χ2v) is 6.19. The molecular formula is C18H26N2O4. The van der Waals surface area contributed by atoms with Crippen LogP contribution in [0.4, 0.5) is 0 Å². The van der Waals surface area contributed by atoms with E-state index in [9.17, 15) is 14.4 Å². The van der Waals surface area contributed by atoms with Crippen molar-refractivity contribution in [3.8, 4) is 0 Å². The summed E-state index contributed by atoms with van der Waals surface area (Å²) in [5.74, 6) is -1.33. The highest BCUT2D eigenvalue weighted by molar-refractivity contribution is 5.80. The van der Waals surface area contributed by atoms with Gasteiger partial charge in [0.25, 0.3) is 0 Å². The van der Waals surface area contributed by atoms with Gasteiger partial charge in [-0.1, -0.05) is 29.8 Å². The Balaban J connectivity index is 2.90. The Morgan fingerprint density at radius 1 is 1.17 bits per heavy atom. The molecule has 1 aromatic rings. The Kier molecular flexibility index (Phi) is 7.42. The molecule has 2 amide bonds. The zero-order valence-corrected chi connectivity index (χ0v) is 14.7. The molecule has 1 aromatic carbocycles. The van der Waals surface area contributed by atoms with E-state index in [1.807, 2.05) is 45.0 Å². The molecule has 0 heterocycles. The molecule has 1 atom stereocenters. The number of amides is 2.